The summed E-state index contributed by atoms with van der Waals surface area (Å²) < 4.78 is 0. The third-order valence-corrected chi connectivity index (χ3v) is 4.46. The van der Waals surface area contributed by atoms with E-state index in [1.165, 1.54) is 19.3 Å². The van der Waals surface area contributed by atoms with Gasteiger partial charge in [-0.3, -0.25) is 10.9 Å². The molecule has 1 saturated carbocycles. The average molecular weight is 357 g/mol. The molecule has 1 aromatic rings. The lowest BCUT2D eigenvalue weighted by atomic mass is 9.86. The average Bonchev–Trinajstić information content (AvgIpc) is 2.48. The third kappa shape index (κ3) is 5.59. The van der Waals surface area contributed by atoms with Gasteiger partial charge in [-0.15, -0.1) is 0 Å². The van der Waals surface area contributed by atoms with Crippen LogP contribution in [0.5, 0.6) is 0 Å². The van der Waals surface area contributed by atoms with Gasteiger partial charge in [-0.1, -0.05) is 37.4 Å². The second-order valence-electron chi connectivity index (χ2n) is 5.56. The van der Waals surface area contributed by atoms with Gasteiger partial charge in [0, 0.05) is 16.8 Å². The molecule has 4 nitrogen and oxygen atoms in total. The molecule has 1 aromatic carbocycles. The van der Waals surface area contributed by atoms with Crippen LogP contribution in [0.2, 0.25) is 5.02 Å². The van der Waals surface area contributed by atoms with Crippen molar-refractivity contribution in [1.82, 2.24) is 16.2 Å². The van der Waals surface area contributed by atoms with Crippen LogP contribution in [0.3, 0.4) is 0 Å². The molecular weight excluding hydrogens is 336 g/mol. The topological polar surface area (TPSA) is 48.1 Å². The maximum absolute atomic E-state index is 5.93. The first kappa shape index (κ1) is 17.2. The molecule has 0 unspecified atom stereocenters. The summed E-state index contributed by atoms with van der Waals surface area (Å²) in [6.45, 7) is 2.26. The maximum Gasteiger partial charge on any atom is 0.189 e. The van der Waals surface area contributed by atoms with E-state index in [2.05, 4.69) is 28.4 Å². The Morgan fingerprint density at radius 3 is 2.59 bits per heavy atom. The number of benzene rings is 1. The minimum absolute atomic E-state index is 0.433. The summed E-state index contributed by atoms with van der Waals surface area (Å²) in [5.74, 6) is 0.644. The number of hydrogen-bond acceptors (Lipinski definition) is 2. The Morgan fingerprint density at radius 1 is 1.14 bits per heavy atom. The summed E-state index contributed by atoms with van der Waals surface area (Å²) in [7, 11) is 0. The number of anilines is 1. The molecule has 1 aliphatic carbocycles. The zero-order valence-electron chi connectivity index (χ0n) is 12.5. The van der Waals surface area contributed by atoms with E-state index in [0.29, 0.717) is 27.2 Å². The number of hydrazine groups is 1. The molecule has 2 atom stereocenters. The number of thiocarbonyl (C=S) groups is 2. The minimum Gasteiger partial charge on any atom is -0.358 e. The quantitative estimate of drug-likeness (QED) is 0.480. The predicted molar refractivity (Wildman–Crippen MR) is 101 cm³/mol. The van der Waals surface area contributed by atoms with Crippen LogP contribution in [-0.2, 0) is 0 Å². The van der Waals surface area contributed by atoms with Crippen molar-refractivity contribution in [3.63, 3.8) is 0 Å². The minimum atomic E-state index is 0.433. The Morgan fingerprint density at radius 2 is 1.86 bits per heavy atom. The first-order valence-electron chi connectivity index (χ1n) is 7.43. The Balaban J connectivity index is 1.72. The van der Waals surface area contributed by atoms with Gasteiger partial charge in [0.25, 0.3) is 0 Å². The molecule has 0 saturated heterocycles. The molecule has 0 spiro atoms. The molecule has 0 aromatic heterocycles. The number of nitrogens with one attached hydrogen (secondary N) is 4. The van der Waals surface area contributed by atoms with E-state index in [-0.39, 0.29) is 0 Å². The smallest absolute Gasteiger partial charge is 0.189 e. The highest BCUT2D eigenvalue weighted by atomic mass is 35.5. The SMILES string of the molecule is C[C@H]1CCCC[C@H]1NC(=S)NNC(=S)Nc1cccc(Cl)c1. The zero-order valence-corrected chi connectivity index (χ0v) is 14.9. The van der Waals surface area contributed by atoms with Crippen molar-refractivity contribution >= 4 is 51.9 Å². The monoisotopic (exact) mass is 356 g/mol. The van der Waals surface area contributed by atoms with E-state index in [4.69, 9.17) is 36.0 Å². The van der Waals surface area contributed by atoms with Crippen LogP contribution >= 0.6 is 36.0 Å². The summed E-state index contributed by atoms with van der Waals surface area (Å²) in [5.41, 5.74) is 6.62. The van der Waals surface area contributed by atoms with E-state index in [1.807, 2.05) is 18.2 Å². The summed E-state index contributed by atoms with van der Waals surface area (Å²) in [6.07, 6.45) is 4.98. The lowest BCUT2D eigenvalue weighted by molar-refractivity contribution is 0.308. The van der Waals surface area contributed by atoms with Crippen LogP contribution in [0.4, 0.5) is 5.69 Å². The Hall–Kier alpha value is -1.11. The molecule has 0 aliphatic heterocycles. The van der Waals surface area contributed by atoms with E-state index in [0.717, 1.165) is 12.1 Å². The van der Waals surface area contributed by atoms with Crippen LogP contribution < -0.4 is 21.5 Å². The van der Waals surface area contributed by atoms with E-state index >= 15 is 0 Å². The largest absolute Gasteiger partial charge is 0.358 e. The molecule has 2 rings (SSSR count). The van der Waals surface area contributed by atoms with Crippen molar-refractivity contribution in [2.45, 2.75) is 38.6 Å². The molecule has 22 heavy (non-hydrogen) atoms. The molecule has 0 heterocycles. The first-order chi connectivity index (χ1) is 10.5. The van der Waals surface area contributed by atoms with Crippen LogP contribution in [0.25, 0.3) is 0 Å². The fourth-order valence-electron chi connectivity index (χ4n) is 2.58. The second-order valence-corrected chi connectivity index (χ2v) is 6.81. The van der Waals surface area contributed by atoms with Crippen molar-refractivity contribution in [2.24, 2.45) is 5.92 Å². The second kappa shape index (κ2) is 8.50. The van der Waals surface area contributed by atoms with Crippen LogP contribution in [0.15, 0.2) is 24.3 Å². The summed E-state index contributed by atoms with van der Waals surface area (Å²) in [4.78, 5) is 0. The fourth-order valence-corrected chi connectivity index (χ4v) is 3.14. The lowest BCUT2D eigenvalue weighted by Crippen LogP contribution is -2.52. The van der Waals surface area contributed by atoms with Crippen LogP contribution in [0.1, 0.15) is 32.6 Å². The highest BCUT2D eigenvalue weighted by molar-refractivity contribution is 7.80. The van der Waals surface area contributed by atoms with E-state index in [9.17, 15) is 0 Å². The van der Waals surface area contributed by atoms with Gasteiger partial charge < -0.3 is 10.6 Å². The molecular formula is C15H21ClN4S2. The van der Waals surface area contributed by atoms with Crippen molar-refractivity contribution in [2.75, 3.05) is 5.32 Å². The lowest BCUT2D eigenvalue weighted by Gasteiger charge is -2.30. The molecule has 7 heteroatoms. The predicted octanol–water partition coefficient (Wildman–Crippen LogP) is 3.58. The molecule has 4 N–H and O–H groups in total. The van der Waals surface area contributed by atoms with Gasteiger partial charge in [0.1, 0.15) is 0 Å². The third-order valence-electron chi connectivity index (χ3n) is 3.80. The van der Waals surface area contributed by atoms with Crippen molar-refractivity contribution in [3.8, 4) is 0 Å². The van der Waals surface area contributed by atoms with Gasteiger partial charge in [0.15, 0.2) is 10.2 Å². The Labute approximate surface area is 147 Å². The molecule has 1 aliphatic rings. The molecule has 0 radical (unpaired) electrons. The summed E-state index contributed by atoms with van der Waals surface area (Å²) in [5, 5.41) is 8.04. The first-order valence-corrected chi connectivity index (χ1v) is 8.63. The van der Waals surface area contributed by atoms with Crippen LogP contribution in [0, 0.1) is 5.92 Å². The number of rotatable bonds is 2. The van der Waals surface area contributed by atoms with Crippen molar-refractivity contribution in [3.05, 3.63) is 29.3 Å². The van der Waals surface area contributed by atoms with Gasteiger partial charge in [-0.05, 0) is 61.4 Å². The van der Waals surface area contributed by atoms with Crippen LogP contribution in [-0.4, -0.2) is 16.3 Å². The molecule has 120 valence electrons. The van der Waals surface area contributed by atoms with Gasteiger partial charge in [0.05, 0.1) is 0 Å². The summed E-state index contributed by atoms with van der Waals surface area (Å²) >= 11 is 16.4. The summed E-state index contributed by atoms with van der Waals surface area (Å²) in [6, 6.07) is 7.80. The van der Waals surface area contributed by atoms with Gasteiger partial charge >= 0.3 is 0 Å². The van der Waals surface area contributed by atoms with Crippen molar-refractivity contribution < 1.29 is 0 Å². The zero-order chi connectivity index (χ0) is 15.9. The van der Waals surface area contributed by atoms with Gasteiger partial charge in [-0.25, -0.2) is 0 Å². The Bertz CT molecular complexity index is 538. The number of halogens is 1. The number of hydrogen-bond donors (Lipinski definition) is 4. The van der Waals surface area contributed by atoms with Gasteiger partial charge in [-0.2, -0.15) is 0 Å². The van der Waals surface area contributed by atoms with Crippen molar-refractivity contribution in [1.29, 1.82) is 0 Å². The normalized spacial score (nSPS) is 20.8. The highest BCUT2D eigenvalue weighted by Gasteiger charge is 2.21. The van der Waals surface area contributed by atoms with Gasteiger partial charge in [0.2, 0.25) is 0 Å². The Kier molecular flexibility index (Phi) is 6.67. The molecule has 1 fully saturated rings. The molecule has 0 bridgehead atoms. The fraction of sp³-hybridized carbons (Fsp3) is 0.467. The maximum atomic E-state index is 5.93. The van der Waals surface area contributed by atoms with E-state index in [1.54, 1.807) is 6.07 Å². The standard InChI is InChI=1S/C15H21ClN4S2/c1-10-5-2-3-8-13(10)18-15(22)20-19-14(21)17-12-7-4-6-11(16)9-12/h4,6-7,9-10,13H,2-3,5,8H2,1H3,(H2,17,19,21)(H2,18,20,22)/t10-,13+/m0/s1. The highest BCUT2D eigenvalue weighted by Crippen LogP contribution is 2.23. The van der Waals surface area contributed by atoms with E-state index < -0.39 is 0 Å². The molecule has 0 amide bonds.